The Kier molecular flexibility index (Phi) is 4.03. The van der Waals surface area contributed by atoms with E-state index in [1.165, 1.54) is 0 Å². The summed E-state index contributed by atoms with van der Waals surface area (Å²) in [7, 11) is 0. The van der Waals surface area contributed by atoms with Gasteiger partial charge in [-0.05, 0) is 37.1 Å². The number of halogens is 1. The van der Waals surface area contributed by atoms with Gasteiger partial charge in [-0.1, -0.05) is 0 Å². The van der Waals surface area contributed by atoms with Crippen LogP contribution >= 0.6 is 0 Å². The summed E-state index contributed by atoms with van der Waals surface area (Å²) in [6, 6.07) is 8.49. The number of alkyl halides is 1. The van der Waals surface area contributed by atoms with Crippen molar-refractivity contribution in [1.82, 2.24) is 10.2 Å². The van der Waals surface area contributed by atoms with E-state index < -0.39 is 11.6 Å². The molecule has 1 aromatic carbocycles. The number of nitrogens with zero attached hydrogens (tertiary/aromatic N) is 2. The molecule has 1 aromatic rings. The number of carbonyl (C=O) groups excluding carboxylic acids is 2. The maximum absolute atomic E-state index is 14.7. The van der Waals surface area contributed by atoms with Gasteiger partial charge >= 0.3 is 0 Å². The fourth-order valence-electron chi connectivity index (χ4n) is 2.70. The molecule has 1 saturated carbocycles. The van der Waals surface area contributed by atoms with E-state index in [0.717, 1.165) is 12.8 Å². The number of rotatable bonds is 3. The highest BCUT2D eigenvalue weighted by molar-refractivity contribution is 5.94. The van der Waals surface area contributed by atoms with Crippen LogP contribution in [0.4, 0.5) is 4.39 Å². The molecular weight excluding hydrogens is 297 g/mol. The number of amides is 2. The lowest BCUT2D eigenvalue weighted by Gasteiger charge is -2.35. The molecule has 3 rings (SSSR count). The Morgan fingerprint density at radius 2 is 1.83 bits per heavy atom. The van der Waals surface area contributed by atoms with E-state index in [4.69, 9.17) is 5.26 Å². The number of carbonyl (C=O) groups is 2. The molecule has 0 bridgehead atoms. The van der Waals surface area contributed by atoms with Crippen LogP contribution in [0.5, 0.6) is 0 Å². The number of hydrogen-bond donors (Lipinski definition) is 1. The standard InChI is InChI=1S/C17H18FN3O2/c18-17(16(23)20-14-5-6-14)7-9-21(10-8-17)15(22)13-3-1-12(11-19)2-4-13/h1-4,14H,5-10H2,(H,20,23). The van der Waals surface area contributed by atoms with Crippen LogP contribution < -0.4 is 5.32 Å². The summed E-state index contributed by atoms with van der Waals surface area (Å²) in [5.41, 5.74) is -0.915. The largest absolute Gasteiger partial charge is 0.351 e. The van der Waals surface area contributed by atoms with E-state index in [0.29, 0.717) is 11.1 Å². The predicted molar refractivity (Wildman–Crippen MR) is 81.3 cm³/mol. The van der Waals surface area contributed by atoms with Crippen molar-refractivity contribution in [1.29, 1.82) is 5.26 Å². The maximum Gasteiger partial charge on any atom is 0.258 e. The van der Waals surface area contributed by atoms with Gasteiger partial charge in [0.1, 0.15) is 0 Å². The lowest BCUT2D eigenvalue weighted by atomic mass is 9.92. The van der Waals surface area contributed by atoms with E-state index in [-0.39, 0.29) is 37.9 Å². The smallest absolute Gasteiger partial charge is 0.258 e. The summed E-state index contributed by atoms with van der Waals surface area (Å²) in [6.45, 7) is 0.431. The second kappa shape index (κ2) is 5.99. The fraction of sp³-hybridized carbons (Fsp3) is 0.471. The Bertz CT molecular complexity index is 653. The topological polar surface area (TPSA) is 73.2 Å². The van der Waals surface area contributed by atoms with Crippen molar-refractivity contribution in [2.75, 3.05) is 13.1 Å². The second-order valence-corrected chi connectivity index (χ2v) is 6.19. The minimum atomic E-state index is -1.87. The number of hydrogen-bond acceptors (Lipinski definition) is 3. The third kappa shape index (κ3) is 3.34. The highest BCUT2D eigenvalue weighted by Crippen LogP contribution is 2.29. The van der Waals surface area contributed by atoms with Crippen molar-refractivity contribution in [3.8, 4) is 6.07 Å². The molecule has 0 atom stereocenters. The summed E-state index contributed by atoms with van der Waals surface area (Å²) in [5.74, 6) is -0.732. The molecule has 5 nitrogen and oxygen atoms in total. The van der Waals surface area contributed by atoms with Gasteiger partial charge in [-0.25, -0.2) is 4.39 Å². The lowest BCUT2D eigenvalue weighted by molar-refractivity contribution is -0.135. The normalized spacial score (nSPS) is 19.7. The van der Waals surface area contributed by atoms with Crippen molar-refractivity contribution in [3.63, 3.8) is 0 Å². The first kappa shape index (κ1) is 15.5. The van der Waals surface area contributed by atoms with Crippen LogP contribution in [-0.2, 0) is 4.79 Å². The van der Waals surface area contributed by atoms with Gasteiger partial charge in [0, 0.05) is 37.5 Å². The quantitative estimate of drug-likeness (QED) is 0.924. The first-order valence-corrected chi connectivity index (χ1v) is 7.81. The Hall–Kier alpha value is -2.42. The molecular formula is C17H18FN3O2. The molecule has 0 unspecified atom stereocenters. The molecule has 1 heterocycles. The molecule has 2 fully saturated rings. The summed E-state index contributed by atoms with van der Waals surface area (Å²) in [6.07, 6.45) is 1.89. The fourth-order valence-corrected chi connectivity index (χ4v) is 2.70. The zero-order valence-corrected chi connectivity index (χ0v) is 12.7. The van der Waals surface area contributed by atoms with Crippen molar-refractivity contribution < 1.29 is 14.0 Å². The molecule has 0 spiro atoms. The van der Waals surface area contributed by atoms with Gasteiger partial charge in [-0.2, -0.15) is 5.26 Å². The van der Waals surface area contributed by atoms with Gasteiger partial charge in [0.2, 0.25) is 0 Å². The Morgan fingerprint density at radius 1 is 1.22 bits per heavy atom. The highest BCUT2D eigenvalue weighted by Gasteiger charge is 2.44. The number of nitrogens with one attached hydrogen (secondary N) is 1. The molecule has 23 heavy (non-hydrogen) atoms. The van der Waals surface area contributed by atoms with Crippen LogP contribution in [-0.4, -0.2) is 41.5 Å². The van der Waals surface area contributed by atoms with E-state index in [1.807, 2.05) is 6.07 Å². The van der Waals surface area contributed by atoms with Gasteiger partial charge in [0.05, 0.1) is 11.6 Å². The second-order valence-electron chi connectivity index (χ2n) is 6.19. The van der Waals surface area contributed by atoms with Crippen molar-refractivity contribution in [3.05, 3.63) is 35.4 Å². The number of nitriles is 1. The van der Waals surface area contributed by atoms with Gasteiger partial charge in [0.15, 0.2) is 5.67 Å². The zero-order chi connectivity index (χ0) is 16.4. The van der Waals surface area contributed by atoms with Gasteiger partial charge in [0.25, 0.3) is 11.8 Å². The Labute approximate surface area is 134 Å². The van der Waals surface area contributed by atoms with Crippen molar-refractivity contribution in [2.45, 2.75) is 37.4 Å². The summed E-state index contributed by atoms with van der Waals surface area (Å²) in [4.78, 5) is 25.9. The molecule has 1 N–H and O–H groups in total. The third-order valence-corrected chi connectivity index (χ3v) is 4.42. The third-order valence-electron chi connectivity index (χ3n) is 4.42. The average Bonchev–Trinajstić information content (AvgIpc) is 3.39. The molecule has 0 aromatic heterocycles. The van der Waals surface area contributed by atoms with Crippen LogP contribution in [0, 0.1) is 11.3 Å². The van der Waals surface area contributed by atoms with E-state index >= 15 is 0 Å². The summed E-state index contributed by atoms with van der Waals surface area (Å²) >= 11 is 0. The number of benzene rings is 1. The van der Waals surface area contributed by atoms with Crippen LogP contribution in [0.25, 0.3) is 0 Å². The summed E-state index contributed by atoms with van der Waals surface area (Å²) < 4.78 is 14.7. The summed E-state index contributed by atoms with van der Waals surface area (Å²) in [5, 5.41) is 11.5. The molecule has 1 saturated heterocycles. The molecule has 120 valence electrons. The van der Waals surface area contributed by atoms with Crippen molar-refractivity contribution >= 4 is 11.8 Å². The van der Waals surface area contributed by atoms with Gasteiger partial charge in [-0.3, -0.25) is 9.59 Å². The van der Waals surface area contributed by atoms with Crippen LogP contribution in [0.2, 0.25) is 0 Å². The molecule has 2 amide bonds. The lowest BCUT2D eigenvalue weighted by Crippen LogP contribution is -2.52. The average molecular weight is 315 g/mol. The molecule has 1 aliphatic carbocycles. The minimum absolute atomic E-state index is 0.0214. The molecule has 6 heteroatoms. The van der Waals surface area contributed by atoms with Gasteiger partial charge in [-0.15, -0.1) is 0 Å². The van der Waals surface area contributed by atoms with Crippen LogP contribution in [0.15, 0.2) is 24.3 Å². The van der Waals surface area contributed by atoms with E-state index in [9.17, 15) is 14.0 Å². The minimum Gasteiger partial charge on any atom is -0.351 e. The number of likely N-dealkylation sites (tertiary alicyclic amines) is 1. The predicted octanol–water partition coefficient (Wildman–Crippen LogP) is 1.78. The molecule has 1 aliphatic heterocycles. The monoisotopic (exact) mass is 315 g/mol. The number of piperidine rings is 1. The zero-order valence-electron chi connectivity index (χ0n) is 12.7. The van der Waals surface area contributed by atoms with E-state index in [2.05, 4.69) is 5.32 Å². The highest BCUT2D eigenvalue weighted by atomic mass is 19.1. The SMILES string of the molecule is N#Cc1ccc(C(=O)N2CCC(F)(C(=O)NC3CC3)CC2)cc1. The van der Waals surface area contributed by atoms with Crippen LogP contribution in [0.3, 0.4) is 0 Å². The van der Waals surface area contributed by atoms with Crippen LogP contribution in [0.1, 0.15) is 41.6 Å². The first-order chi connectivity index (χ1) is 11.0. The molecule has 2 aliphatic rings. The molecule has 0 radical (unpaired) electrons. The van der Waals surface area contributed by atoms with Crippen molar-refractivity contribution in [2.24, 2.45) is 0 Å². The first-order valence-electron chi connectivity index (χ1n) is 7.81. The Morgan fingerprint density at radius 3 is 2.35 bits per heavy atom. The Balaban J connectivity index is 1.60. The van der Waals surface area contributed by atoms with Gasteiger partial charge < -0.3 is 10.2 Å². The van der Waals surface area contributed by atoms with E-state index in [1.54, 1.807) is 29.2 Å². The maximum atomic E-state index is 14.7.